The lowest BCUT2D eigenvalue weighted by molar-refractivity contribution is 0.414. The van der Waals surface area contributed by atoms with Crippen LogP contribution in [-0.4, -0.2) is 26.9 Å². The Labute approximate surface area is 166 Å². The molecule has 0 fully saturated rings. The Morgan fingerprint density at radius 2 is 1.86 bits per heavy atom. The molecule has 8 heteroatoms. The predicted molar refractivity (Wildman–Crippen MR) is 107 cm³/mol. The van der Waals surface area contributed by atoms with Gasteiger partial charge in [0, 0.05) is 5.69 Å². The molecule has 138 valence electrons. The molecule has 28 heavy (non-hydrogen) atoms. The van der Waals surface area contributed by atoms with Gasteiger partial charge in [0.25, 0.3) is 0 Å². The maximum absolute atomic E-state index is 8.88. The second-order valence-corrected chi connectivity index (χ2v) is 6.39. The van der Waals surface area contributed by atoms with Crippen LogP contribution in [0.15, 0.2) is 54.7 Å². The Bertz CT molecular complexity index is 1160. The molecule has 0 atom stereocenters. The number of nitrogens with one attached hydrogen (secondary N) is 1. The summed E-state index contributed by atoms with van der Waals surface area (Å²) in [4.78, 5) is 8.83. The Morgan fingerprint density at radius 3 is 2.54 bits per heavy atom. The highest BCUT2D eigenvalue weighted by molar-refractivity contribution is 6.33. The summed E-state index contributed by atoms with van der Waals surface area (Å²) in [6.45, 7) is 0.541. The molecular weight excluding hydrogens is 376 g/mol. The number of benzene rings is 2. The van der Waals surface area contributed by atoms with Crippen LogP contribution in [0.25, 0.3) is 11.0 Å². The number of methoxy groups -OCH3 is 1. The summed E-state index contributed by atoms with van der Waals surface area (Å²) in [5, 5.41) is 16.7. The summed E-state index contributed by atoms with van der Waals surface area (Å²) in [6.07, 6.45) is 1.66. The van der Waals surface area contributed by atoms with Crippen molar-refractivity contribution in [2.45, 2.75) is 6.54 Å². The van der Waals surface area contributed by atoms with Crippen LogP contribution in [-0.2, 0) is 6.54 Å². The number of nitrogens with zero attached hydrogens (tertiary/aromatic N) is 5. The van der Waals surface area contributed by atoms with Crippen molar-refractivity contribution in [1.82, 2.24) is 19.7 Å². The highest BCUT2D eigenvalue weighted by Gasteiger charge is 2.13. The van der Waals surface area contributed by atoms with E-state index in [1.165, 1.54) is 0 Å². The first-order valence-corrected chi connectivity index (χ1v) is 8.83. The van der Waals surface area contributed by atoms with Gasteiger partial charge in [0.05, 0.1) is 31.5 Å². The van der Waals surface area contributed by atoms with Crippen LogP contribution in [0.1, 0.15) is 11.1 Å². The number of rotatable bonds is 5. The zero-order chi connectivity index (χ0) is 19.5. The number of nitriles is 1. The summed E-state index contributed by atoms with van der Waals surface area (Å²) < 4.78 is 6.95. The van der Waals surface area contributed by atoms with Gasteiger partial charge in [0.1, 0.15) is 16.8 Å². The van der Waals surface area contributed by atoms with Crippen molar-refractivity contribution in [3.05, 3.63) is 71.0 Å². The number of fused-ring (bicyclic) bond motifs is 1. The first-order chi connectivity index (χ1) is 13.7. The Balaban J connectivity index is 1.60. The minimum atomic E-state index is 0.312. The lowest BCUT2D eigenvalue weighted by atomic mass is 10.2. The fourth-order valence-corrected chi connectivity index (χ4v) is 3.07. The van der Waals surface area contributed by atoms with Gasteiger partial charge < -0.3 is 10.1 Å². The zero-order valence-corrected chi connectivity index (χ0v) is 15.7. The zero-order valence-electron chi connectivity index (χ0n) is 14.9. The van der Waals surface area contributed by atoms with Crippen LogP contribution in [0.5, 0.6) is 5.75 Å². The summed E-state index contributed by atoms with van der Waals surface area (Å²) >= 11 is 6.42. The quantitative estimate of drug-likeness (QED) is 0.515. The van der Waals surface area contributed by atoms with E-state index in [1.54, 1.807) is 42.3 Å². The number of halogens is 1. The topological polar surface area (TPSA) is 88.6 Å². The van der Waals surface area contributed by atoms with E-state index in [4.69, 9.17) is 21.6 Å². The average molecular weight is 391 g/mol. The molecular formula is C20H15ClN6O. The number of ether oxygens (including phenoxy) is 1. The molecule has 4 rings (SSSR count). The molecule has 0 spiro atoms. The fourth-order valence-electron chi connectivity index (χ4n) is 2.79. The summed E-state index contributed by atoms with van der Waals surface area (Å²) in [6, 6.07) is 16.8. The van der Waals surface area contributed by atoms with E-state index in [0.29, 0.717) is 34.2 Å². The smallest absolute Gasteiger partial charge is 0.229 e. The van der Waals surface area contributed by atoms with Crippen molar-refractivity contribution in [1.29, 1.82) is 5.26 Å². The molecule has 4 aromatic rings. The van der Waals surface area contributed by atoms with Gasteiger partial charge in [-0.1, -0.05) is 23.7 Å². The van der Waals surface area contributed by atoms with Gasteiger partial charge in [-0.15, -0.1) is 0 Å². The second kappa shape index (κ2) is 7.55. The lowest BCUT2D eigenvalue weighted by Crippen LogP contribution is -2.04. The lowest BCUT2D eigenvalue weighted by Gasteiger charge is -2.08. The number of hydrogen-bond acceptors (Lipinski definition) is 6. The monoisotopic (exact) mass is 390 g/mol. The van der Waals surface area contributed by atoms with E-state index in [1.807, 2.05) is 24.3 Å². The molecule has 0 amide bonds. The Morgan fingerprint density at radius 1 is 1.11 bits per heavy atom. The van der Waals surface area contributed by atoms with Gasteiger partial charge in [0.2, 0.25) is 5.95 Å². The van der Waals surface area contributed by atoms with Gasteiger partial charge in [-0.05, 0) is 42.0 Å². The minimum absolute atomic E-state index is 0.312. The average Bonchev–Trinajstić information content (AvgIpc) is 3.12. The third-order valence-electron chi connectivity index (χ3n) is 4.21. The SMILES string of the molecule is COc1ccc(Cn2ncc3nc(Nc4ccc(C#N)cc4)nc(Cl)c32)cc1. The maximum Gasteiger partial charge on any atom is 0.229 e. The van der Waals surface area contributed by atoms with Crippen molar-refractivity contribution in [3.8, 4) is 11.8 Å². The van der Waals surface area contributed by atoms with E-state index in [2.05, 4.69) is 26.5 Å². The second-order valence-electron chi connectivity index (χ2n) is 6.04. The van der Waals surface area contributed by atoms with E-state index in [0.717, 1.165) is 17.0 Å². The van der Waals surface area contributed by atoms with Gasteiger partial charge in [0.15, 0.2) is 5.15 Å². The molecule has 2 heterocycles. The van der Waals surface area contributed by atoms with Crippen molar-refractivity contribution >= 4 is 34.3 Å². The van der Waals surface area contributed by atoms with Crippen molar-refractivity contribution in [2.75, 3.05) is 12.4 Å². The summed E-state index contributed by atoms with van der Waals surface area (Å²) in [7, 11) is 1.64. The van der Waals surface area contributed by atoms with Crippen LogP contribution in [0.2, 0.25) is 5.15 Å². The van der Waals surface area contributed by atoms with Crippen LogP contribution >= 0.6 is 11.6 Å². The number of aromatic nitrogens is 4. The first-order valence-electron chi connectivity index (χ1n) is 8.45. The highest BCUT2D eigenvalue weighted by Crippen LogP contribution is 2.24. The van der Waals surface area contributed by atoms with Crippen molar-refractivity contribution < 1.29 is 4.74 Å². The van der Waals surface area contributed by atoms with E-state index < -0.39 is 0 Å². The summed E-state index contributed by atoms with van der Waals surface area (Å²) in [5.41, 5.74) is 3.72. The molecule has 0 radical (unpaired) electrons. The molecule has 0 aliphatic heterocycles. The van der Waals surface area contributed by atoms with Gasteiger partial charge in [-0.2, -0.15) is 15.3 Å². The van der Waals surface area contributed by atoms with Crippen LogP contribution in [0.4, 0.5) is 11.6 Å². The molecule has 0 aliphatic rings. The molecule has 0 saturated heterocycles. The number of anilines is 2. The van der Waals surface area contributed by atoms with Gasteiger partial charge in [-0.25, -0.2) is 4.98 Å². The first kappa shape index (κ1) is 17.8. The minimum Gasteiger partial charge on any atom is -0.497 e. The molecule has 0 saturated carbocycles. The Hall–Kier alpha value is -3.63. The fraction of sp³-hybridized carbons (Fsp3) is 0.100. The van der Waals surface area contributed by atoms with Gasteiger partial charge >= 0.3 is 0 Å². The van der Waals surface area contributed by atoms with E-state index in [9.17, 15) is 0 Å². The molecule has 1 N–H and O–H groups in total. The summed E-state index contributed by atoms with van der Waals surface area (Å²) in [5.74, 6) is 1.17. The largest absolute Gasteiger partial charge is 0.497 e. The maximum atomic E-state index is 8.88. The van der Waals surface area contributed by atoms with Crippen LogP contribution in [0.3, 0.4) is 0 Å². The predicted octanol–water partition coefficient (Wildman–Crippen LogP) is 4.15. The molecule has 7 nitrogen and oxygen atoms in total. The Kier molecular flexibility index (Phi) is 4.79. The van der Waals surface area contributed by atoms with Crippen molar-refractivity contribution in [2.24, 2.45) is 0 Å². The molecule has 2 aromatic carbocycles. The normalized spacial score (nSPS) is 10.6. The highest BCUT2D eigenvalue weighted by atomic mass is 35.5. The van der Waals surface area contributed by atoms with Crippen LogP contribution < -0.4 is 10.1 Å². The third-order valence-corrected chi connectivity index (χ3v) is 4.47. The van der Waals surface area contributed by atoms with Gasteiger partial charge in [-0.3, -0.25) is 4.68 Å². The molecule has 0 unspecified atom stereocenters. The molecule has 0 bridgehead atoms. The van der Waals surface area contributed by atoms with Crippen LogP contribution in [0, 0.1) is 11.3 Å². The third kappa shape index (κ3) is 3.59. The number of hydrogen-bond donors (Lipinski definition) is 1. The van der Waals surface area contributed by atoms with E-state index >= 15 is 0 Å². The molecule has 2 aromatic heterocycles. The van der Waals surface area contributed by atoms with E-state index in [-0.39, 0.29) is 0 Å². The van der Waals surface area contributed by atoms with Crippen molar-refractivity contribution in [3.63, 3.8) is 0 Å². The standard InChI is InChI=1S/C20H15ClN6O/c1-28-16-8-4-14(5-9-16)12-27-18-17(11-23-27)25-20(26-19(18)21)24-15-6-2-13(10-22)3-7-15/h2-9,11H,12H2,1H3,(H,24,25,26). The molecule has 0 aliphatic carbocycles.